The molecule has 26 heavy (non-hydrogen) atoms. The second-order valence-corrected chi connectivity index (χ2v) is 6.73. The van der Waals surface area contributed by atoms with E-state index in [2.05, 4.69) is 4.74 Å². The highest BCUT2D eigenvalue weighted by molar-refractivity contribution is 8.00. The van der Waals surface area contributed by atoms with Gasteiger partial charge in [0.05, 0.1) is 12.9 Å². The van der Waals surface area contributed by atoms with Crippen LogP contribution in [0.1, 0.15) is 16.5 Å². The number of ether oxygens (including phenoxy) is 2. The monoisotopic (exact) mass is 383 g/mol. The molecule has 1 aliphatic rings. The molecule has 0 bridgehead atoms. The van der Waals surface area contributed by atoms with Gasteiger partial charge in [-0.1, -0.05) is 24.3 Å². The minimum atomic E-state index is -4.75. The van der Waals surface area contributed by atoms with Gasteiger partial charge in [-0.3, -0.25) is 4.79 Å². The van der Waals surface area contributed by atoms with Crippen LogP contribution in [-0.4, -0.2) is 30.0 Å². The first kappa shape index (κ1) is 18.4. The van der Waals surface area contributed by atoms with Gasteiger partial charge in [0, 0.05) is 6.54 Å². The highest BCUT2D eigenvalue weighted by atomic mass is 32.2. The fourth-order valence-corrected chi connectivity index (χ4v) is 3.91. The first-order chi connectivity index (χ1) is 12.4. The number of thioether (sulfide) groups is 1. The molecule has 2 aromatic rings. The molecule has 138 valence electrons. The van der Waals surface area contributed by atoms with Crippen molar-refractivity contribution in [1.29, 1.82) is 0 Å². The minimum absolute atomic E-state index is 0.0648. The molecule has 0 N–H and O–H groups in total. The highest BCUT2D eigenvalue weighted by Gasteiger charge is 2.34. The summed E-state index contributed by atoms with van der Waals surface area (Å²) in [5, 5.41) is -0.370. The SMILES string of the molecule is COc1cccc(CN2C(=O)CSC2c2cccc(OC(F)(F)F)c2)c1. The summed E-state index contributed by atoms with van der Waals surface area (Å²) in [6.45, 7) is 0.345. The maximum Gasteiger partial charge on any atom is 0.573 e. The van der Waals surface area contributed by atoms with Crippen molar-refractivity contribution in [2.24, 2.45) is 0 Å². The van der Waals surface area contributed by atoms with Crippen molar-refractivity contribution in [2.75, 3.05) is 12.9 Å². The second-order valence-electron chi connectivity index (χ2n) is 5.66. The Balaban J connectivity index is 1.82. The van der Waals surface area contributed by atoms with E-state index < -0.39 is 6.36 Å². The maximum atomic E-state index is 12.4. The van der Waals surface area contributed by atoms with Crippen LogP contribution in [0.25, 0.3) is 0 Å². The molecule has 8 heteroatoms. The molecule has 1 fully saturated rings. The zero-order valence-electron chi connectivity index (χ0n) is 13.8. The summed E-state index contributed by atoms with van der Waals surface area (Å²) >= 11 is 1.38. The molecule has 1 aliphatic heterocycles. The van der Waals surface area contributed by atoms with Gasteiger partial charge >= 0.3 is 6.36 Å². The van der Waals surface area contributed by atoms with Gasteiger partial charge in [0.25, 0.3) is 0 Å². The lowest BCUT2D eigenvalue weighted by molar-refractivity contribution is -0.274. The Morgan fingerprint density at radius 3 is 2.62 bits per heavy atom. The van der Waals surface area contributed by atoms with E-state index in [1.165, 1.54) is 30.0 Å². The summed E-state index contributed by atoms with van der Waals surface area (Å²) in [7, 11) is 1.56. The molecule has 0 spiro atoms. The van der Waals surface area contributed by atoms with Crippen molar-refractivity contribution in [2.45, 2.75) is 18.3 Å². The predicted molar refractivity (Wildman–Crippen MR) is 91.9 cm³/mol. The number of halogens is 3. The Morgan fingerprint density at radius 2 is 1.88 bits per heavy atom. The van der Waals surface area contributed by atoms with Crippen LogP contribution in [0, 0.1) is 0 Å². The lowest BCUT2D eigenvalue weighted by Crippen LogP contribution is -2.27. The quantitative estimate of drug-likeness (QED) is 0.769. The molecule has 2 aromatic carbocycles. The number of hydrogen-bond acceptors (Lipinski definition) is 4. The summed E-state index contributed by atoms with van der Waals surface area (Å²) in [6, 6.07) is 13.1. The molecule has 0 saturated carbocycles. The molecular weight excluding hydrogens is 367 g/mol. The third kappa shape index (κ3) is 4.43. The smallest absolute Gasteiger partial charge is 0.497 e. The summed E-state index contributed by atoms with van der Waals surface area (Å²) in [5.74, 6) is 0.596. The van der Waals surface area contributed by atoms with E-state index in [1.807, 2.05) is 18.2 Å². The maximum absolute atomic E-state index is 12.4. The lowest BCUT2D eigenvalue weighted by atomic mass is 10.1. The molecule has 0 radical (unpaired) electrons. The molecule has 1 heterocycles. The van der Waals surface area contributed by atoms with Crippen molar-refractivity contribution in [3.05, 3.63) is 59.7 Å². The molecule has 4 nitrogen and oxygen atoms in total. The first-order valence-corrected chi connectivity index (χ1v) is 8.80. The lowest BCUT2D eigenvalue weighted by Gasteiger charge is -2.25. The number of methoxy groups -OCH3 is 1. The van der Waals surface area contributed by atoms with E-state index in [9.17, 15) is 18.0 Å². The van der Waals surface area contributed by atoms with Crippen molar-refractivity contribution in [3.63, 3.8) is 0 Å². The standard InChI is InChI=1S/C18H16F3NO3S/c1-24-14-6-2-4-12(8-14)10-22-16(23)11-26-17(22)13-5-3-7-15(9-13)25-18(19,20)21/h2-9,17H,10-11H2,1H3. The number of amides is 1. The zero-order chi connectivity index (χ0) is 18.7. The molecular formula is C18H16F3NO3S. The number of rotatable bonds is 5. The average Bonchev–Trinajstić information content (AvgIpc) is 2.94. The van der Waals surface area contributed by atoms with E-state index in [4.69, 9.17) is 4.74 Å². The summed E-state index contributed by atoms with van der Waals surface area (Å²) < 4.78 is 46.5. The van der Waals surface area contributed by atoms with Gasteiger partial charge in [-0.05, 0) is 35.4 Å². The van der Waals surface area contributed by atoms with Crippen LogP contribution in [0.3, 0.4) is 0 Å². The van der Waals surface area contributed by atoms with Gasteiger partial charge in [0.2, 0.25) is 5.91 Å². The molecule has 1 amide bonds. The number of benzene rings is 2. The number of carbonyl (C=O) groups is 1. The van der Waals surface area contributed by atoms with Gasteiger partial charge in [-0.25, -0.2) is 0 Å². The molecule has 0 aliphatic carbocycles. The summed E-state index contributed by atoms with van der Waals surface area (Å²) in [6.07, 6.45) is -4.75. The fourth-order valence-electron chi connectivity index (χ4n) is 2.73. The van der Waals surface area contributed by atoms with Crippen LogP contribution in [0.15, 0.2) is 48.5 Å². The Kier molecular flexibility index (Phi) is 5.31. The third-order valence-electron chi connectivity index (χ3n) is 3.83. The van der Waals surface area contributed by atoms with Crippen LogP contribution in [0.2, 0.25) is 0 Å². The van der Waals surface area contributed by atoms with Gasteiger partial charge < -0.3 is 14.4 Å². The van der Waals surface area contributed by atoms with Gasteiger partial charge in [0.1, 0.15) is 16.9 Å². The van der Waals surface area contributed by atoms with E-state index >= 15 is 0 Å². The van der Waals surface area contributed by atoms with Crippen molar-refractivity contribution in [1.82, 2.24) is 4.90 Å². The zero-order valence-corrected chi connectivity index (χ0v) is 14.6. The Hall–Kier alpha value is -2.35. The van der Waals surface area contributed by atoms with E-state index in [0.29, 0.717) is 17.9 Å². The van der Waals surface area contributed by atoms with Crippen LogP contribution >= 0.6 is 11.8 Å². The van der Waals surface area contributed by atoms with Gasteiger partial charge in [0.15, 0.2) is 0 Å². The van der Waals surface area contributed by atoms with Crippen molar-refractivity contribution < 1.29 is 27.4 Å². The number of nitrogens with zero attached hydrogens (tertiary/aromatic N) is 1. The highest BCUT2D eigenvalue weighted by Crippen LogP contribution is 2.41. The predicted octanol–water partition coefficient (Wildman–Crippen LogP) is 4.37. The second kappa shape index (κ2) is 7.49. The fraction of sp³-hybridized carbons (Fsp3) is 0.278. The molecule has 1 saturated heterocycles. The number of carbonyl (C=O) groups excluding carboxylic acids is 1. The molecule has 3 rings (SSSR count). The normalized spacial score (nSPS) is 17.5. The largest absolute Gasteiger partial charge is 0.573 e. The Labute approximate surface area is 152 Å². The van der Waals surface area contributed by atoms with Crippen LogP contribution in [0.5, 0.6) is 11.5 Å². The summed E-state index contributed by atoms with van der Waals surface area (Å²) in [5.41, 5.74) is 1.47. The van der Waals surface area contributed by atoms with E-state index in [0.717, 1.165) is 5.56 Å². The van der Waals surface area contributed by atoms with Crippen LogP contribution in [-0.2, 0) is 11.3 Å². The molecule has 1 unspecified atom stereocenters. The topological polar surface area (TPSA) is 38.8 Å². The van der Waals surface area contributed by atoms with E-state index in [1.54, 1.807) is 24.1 Å². The number of alkyl halides is 3. The van der Waals surface area contributed by atoms with Crippen molar-refractivity contribution >= 4 is 17.7 Å². The van der Waals surface area contributed by atoms with E-state index in [-0.39, 0.29) is 22.8 Å². The molecule has 0 aromatic heterocycles. The average molecular weight is 383 g/mol. The van der Waals surface area contributed by atoms with Gasteiger partial charge in [-0.15, -0.1) is 24.9 Å². The molecule has 1 atom stereocenters. The minimum Gasteiger partial charge on any atom is -0.497 e. The van der Waals surface area contributed by atoms with Crippen molar-refractivity contribution in [3.8, 4) is 11.5 Å². The van der Waals surface area contributed by atoms with Crippen LogP contribution < -0.4 is 9.47 Å². The Bertz CT molecular complexity index is 797. The summed E-state index contributed by atoms with van der Waals surface area (Å²) in [4.78, 5) is 13.9. The third-order valence-corrected chi connectivity index (χ3v) is 5.09. The first-order valence-electron chi connectivity index (χ1n) is 7.75. The Morgan fingerprint density at radius 1 is 1.15 bits per heavy atom. The van der Waals surface area contributed by atoms with Gasteiger partial charge in [-0.2, -0.15) is 0 Å². The van der Waals surface area contributed by atoms with Crippen LogP contribution in [0.4, 0.5) is 13.2 Å². The number of hydrogen-bond donors (Lipinski definition) is 0.